The lowest BCUT2D eigenvalue weighted by molar-refractivity contribution is -0.121. The van der Waals surface area contributed by atoms with E-state index in [1.165, 1.54) is 0 Å². The van der Waals surface area contributed by atoms with Gasteiger partial charge in [-0.3, -0.25) is 4.79 Å². The highest BCUT2D eigenvalue weighted by Gasteiger charge is 2.16. The van der Waals surface area contributed by atoms with Crippen molar-refractivity contribution in [2.75, 3.05) is 0 Å². The number of aryl methyl sites for hydroxylation is 3. The number of hydrogen-bond acceptors (Lipinski definition) is 5. The molecule has 0 aliphatic rings. The molecule has 1 unspecified atom stereocenters. The summed E-state index contributed by atoms with van der Waals surface area (Å²) in [6.07, 6.45) is 0.197. The maximum Gasteiger partial charge on any atom is 0.226 e. The molecule has 0 spiro atoms. The van der Waals surface area contributed by atoms with Crippen LogP contribution in [0.5, 0.6) is 0 Å². The first kappa shape index (κ1) is 15.7. The second-order valence-corrected chi connectivity index (χ2v) is 6.88. The Labute approximate surface area is 138 Å². The Balaban J connectivity index is 1.74. The summed E-state index contributed by atoms with van der Waals surface area (Å²) < 4.78 is 5.34. The van der Waals surface area contributed by atoms with Crippen molar-refractivity contribution in [2.45, 2.75) is 40.2 Å². The fourth-order valence-electron chi connectivity index (χ4n) is 2.47. The minimum atomic E-state index is -0.116. The van der Waals surface area contributed by atoms with E-state index < -0.39 is 0 Å². The van der Waals surface area contributed by atoms with Gasteiger partial charge in [0.2, 0.25) is 5.91 Å². The first-order valence-corrected chi connectivity index (χ1v) is 8.39. The van der Waals surface area contributed by atoms with Gasteiger partial charge >= 0.3 is 0 Å². The quantitative estimate of drug-likeness (QED) is 0.793. The average Bonchev–Trinajstić information content (AvgIpc) is 3.07. The van der Waals surface area contributed by atoms with Crippen molar-refractivity contribution in [1.29, 1.82) is 0 Å². The van der Waals surface area contributed by atoms with Gasteiger partial charge in [0.15, 0.2) is 5.58 Å². The molecule has 1 aromatic carbocycles. The molecule has 0 bridgehead atoms. The molecule has 0 radical (unpaired) electrons. The summed E-state index contributed by atoms with van der Waals surface area (Å²) in [6.45, 7) is 7.95. The third kappa shape index (κ3) is 3.27. The Hall–Kier alpha value is -2.21. The maximum absolute atomic E-state index is 12.3. The number of rotatable bonds is 4. The van der Waals surface area contributed by atoms with Crippen LogP contribution in [0.2, 0.25) is 0 Å². The van der Waals surface area contributed by atoms with Gasteiger partial charge in [0, 0.05) is 10.8 Å². The van der Waals surface area contributed by atoms with E-state index in [9.17, 15) is 4.79 Å². The van der Waals surface area contributed by atoms with Crippen molar-refractivity contribution >= 4 is 28.2 Å². The molecule has 0 fully saturated rings. The van der Waals surface area contributed by atoms with E-state index in [0.717, 1.165) is 32.8 Å². The van der Waals surface area contributed by atoms with Crippen LogP contribution in [0.1, 0.15) is 40.5 Å². The lowest BCUT2D eigenvalue weighted by atomic mass is 10.1. The van der Waals surface area contributed by atoms with Crippen molar-refractivity contribution in [1.82, 2.24) is 15.5 Å². The molecule has 0 aliphatic heterocycles. The predicted molar refractivity (Wildman–Crippen MR) is 90.6 cm³/mol. The summed E-state index contributed by atoms with van der Waals surface area (Å²) in [5.41, 5.74) is 4.59. The van der Waals surface area contributed by atoms with E-state index in [-0.39, 0.29) is 18.4 Å². The lowest BCUT2D eigenvalue weighted by Crippen LogP contribution is -2.28. The largest absolute Gasteiger partial charge is 0.356 e. The van der Waals surface area contributed by atoms with Crippen molar-refractivity contribution in [3.63, 3.8) is 0 Å². The molecule has 1 N–H and O–H groups in total. The minimum Gasteiger partial charge on any atom is -0.356 e. The van der Waals surface area contributed by atoms with E-state index in [1.54, 1.807) is 11.3 Å². The zero-order valence-electron chi connectivity index (χ0n) is 13.6. The topological polar surface area (TPSA) is 68.0 Å². The number of nitrogens with zero attached hydrogens (tertiary/aromatic N) is 2. The second kappa shape index (κ2) is 6.12. The number of fused-ring (bicyclic) bond motifs is 1. The monoisotopic (exact) mass is 329 g/mol. The lowest BCUT2D eigenvalue weighted by Gasteiger charge is -2.10. The number of thiazole rings is 1. The number of aromatic nitrogens is 2. The molecule has 1 amide bonds. The highest BCUT2D eigenvalue weighted by molar-refractivity contribution is 7.09. The normalized spacial score (nSPS) is 12.5. The highest BCUT2D eigenvalue weighted by atomic mass is 32.1. The summed E-state index contributed by atoms with van der Waals surface area (Å²) in [6, 6.07) is 3.87. The van der Waals surface area contributed by atoms with Crippen molar-refractivity contribution in [2.24, 2.45) is 0 Å². The molecular weight excluding hydrogens is 310 g/mol. The third-order valence-electron chi connectivity index (χ3n) is 3.95. The van der Waals surface area contributed by atoms with Gasteiger partial charge < -0.3 is 9.84 Å². The van der Waals surface area contributed by atoms with E-state index in [4.69, 9.17) is 4.52 Å². The van der Waals surface area contributed by atoms with Crippen LogP contribution in [0.15, 0.2) is 22.0 Å². The van der Waals surface area contributed by atoms with Crippen LogP contribution in [0.3, 0.4) is 0 Å². The zero-order chi connectivity index (χ0) is 16.6. The Bertz CT molecular complexity index is 866. The maximum atomic E-state index is 12.3. The van der Waals surface area contributed by atoms with Crippen LogP contribution < -0.4 is 5.32 Å². The van der Waals surface area contributed by atoms with Gasteiger partial charge in [-0.05, 0) is 51.0 Å². The molecule has 2 heterocycles. The molecular formula is C17H19N3O2S. The molecule has 6 heteroatoms. The second-order valence-electron chi connectivity index (χ2n) is 5.82. The Kier molecular flexibility index (Phi) is 4.17. The molecule has 2 aromatic heterocycles. The molecule has 0 saturated heterocycles. The standard InChI is InChI=1S/C17H19N3O2S/c1-9-5-13-14(20-22-16(13)6-10(9)2)7-17(21)18-11(3)15-8-23-12(4)19-15/h5-6,8,11H,7H2,1-4H3,(H,18,21). The van der Waals surface area contributed by atoms with Crippen LogP contribution >= 0.6 is 11.3 Å². The molecule has 0 aliphatic carbocycles. The van der Waals surface area contributed by atoms with Crippen LogP contribution in [0.25, 0.3) is 11.0 Å². The van der Waals surface area contributed by atoms with E-state index in [0.29, 0.717) is 5.69 Å². The first-order valence-electron chi connectivity index (χ1n) is 7.51. The predicted octanol–water partition coefficient (Wildman–Crippen LogP) is 3.63. The average molecular weight is 329 g/mol. The Morgan fingerprint density at radius 3 is 2.74 bits per heavy atom. The van der Waals surface area contributed by atoms with Crippen LogP contribution in [0.4, 0.5) is 0 Å². The minimum absolute atomic E-state index is 0.0865. The number of nitrogens with one attached hydrogen (secondary N) is 1. The fourth-order valence-corrected chi connectivity index (χ4v) is 3.18. The van der Waals surface area contributed by atoms with Crippen LogP contribution in [-0.4, -0.2) is 16.0 Å². The molecule has 5 nitrogen and oxygen atoms in total. The van der Waals surface area contributed by atoms with Gasteiger partial charge in [-0.2, -0.15) is 0 Å². The Morgan fingerprint density at radius 2 is 2.04 bits per heavy atom. The van der Waals surface area contributed by atoms with Crippen LogP contribution in [-0.2, 0) is 11.2 Å². The van der Waals surface area contributed by atoms with E-state index in [1.807, 2.05) is 45.2 Å². The summed E-state index contributed by atoms with van der Waals surface area (Å²) in [7, 11) is 0. The fraction of sp³-hybridized carbons (Fsp3) is 0.353. The van der Waals surface area contributed by atoms with Crippen LogP contribution in [0, 0.1) is 20.8 Å². The van der Waals surface area contributed by atoms with Gasteiger partial charge in [-0.15, -0.1) is 11.3 Å². The van der Waals surface area contributed by atoms with Crippen molar-refractivity contribution in [3.8, 4) is 0 Å². The molecule has 120 valence electrons. The Morgan fingerprint density at radius 1 is 1.30 bits per heavy atom. The van der Waals surface area contributed by atoms with Gasteiger partial charge in [0.1, 0.15) is 5.69 Å². The number of carbonyl (C=O) groups is 1. The SMILES string of the molecule is Cc1nc(C(C)NC(=O)Cc2noc3cc(C)c(C)cc23)cs1. The molecule has 3 aromatic rings. The van der Waals surface area contributed by atoms with E-state index in [2.05, 4.69) is 15.5 Å². The van der Waals surface area contributed by atoms with Gasteiger partial charge in [0.05, 0.1) is 23.2 Å². The van der Waals surface area contributed by atoms with E-state index >= 15 is 0 Å². The highest BCUT2D eigenvalue weighted by Crippen LogP contribution is 2.23. The molecule has 3 rings (SSSR count). The number of amides is 1. The molecule has 0 saturated carbocycles. The summed E-state index contributed by atoms with van der Waals surface area (Å²) in [5.74, 6) is -0.0865. The summed E-state index contributed by atoms with van der Waals surface area (Å²) >= 11 is 1.58. The number of benzene rings is 1. The number of hydrogen-bond donors (Lipinski definition) is 1. The van der Waals surface area contributed by atoms with Gasteiger partial charge in [0.25, 0.3) is 0 Å². The smallest absolute Gasteiger partial charge is 0.226 e. The van der Waals surface area contributed by atoms with Crippen molar-refractivity contribution in [3.05, 3.63) is 45.0 Å². The molecule has 23 heavy (non-hydrogen) atoms. The molecule has 1 atom stereocenters. The van der Waals surface area contributed by atoms with Gasteiger partial charge in [-0.25, -0.2) is 4.98 Å². The van der Waals surface area contributed by atoms with Crippen molar-refractivity contribution < 1.29 is 9.32 Å². The first-order chi connectivity index (χ1) is 10.9. The third-order valence-corrected chi connectivity index (χ3v) is 4.74. The van der Waals surface area contributed by atoms with Gasteiger partial charge in [-0.1, -0.05) is 5.16 Å². The number of carbonyl (C=O) groups excluding carboxylic acids is 1. The summed E-state index contributed by atoms with van der Waals surface area (Å²) in [5, 5.41) is 10.9. The summed E-state index contributed by atoms with van der Waals surface area (Å²) in [4.78, 5) is 16.7. The zero-order valence-corrected chi connectivity index (χ0v) is 14.5.